The number of fused-ring (bicyclic) bond motifs is 1. The van der Waals surface area contributed by atoms with E-state index in [1.807, 2.05) is 0 Å². The Morgan fingerprint density at radius 2 is 1.88 bits per heavy atom. The van der Waals surface area contributed by atoms with Gasteiger partial charge in [0.25, 0.3) is 0 Å². The number of hydrogen-bond acceptors (Lipinski definition) is 1. The van der Waals surface area contributed by atoms with Crippen molar-refractivity contribution in [3.8, 4) is 0 Å². The molecule has 3 rings (SSSR count). The van der Waals surface area contributed by atoms with Crippen LogP contribution in [0.3, 0.4) is 0 Å². The lowest BCUT2D eigenvalue weighted by atomic mass is 10.0. The van der Waals surface area contributed by atoms with Gasteiger partial charge in [0.1, 0.15) is 0 Å². The molecule has 1 nitrogen and oxygen atoms in total. The summed E-state index contributed by atoms with van der Waals surface area (Å²) in [6.07, 6.45) is 1.08. The van der Waals surface area contributed by atoms with Crippen LogP contribution >= 0.6 is 15.9 Å². The van der Waals surface area contributed by atoms with Crippen LogP contribution in [0.25, 0.3) is 0 Å². The molecule has 0 saturated heterocycles. The first kappa shape index (κ1) is 10.8. The maximum Gasteiger partial charge on any atom is 0.0555 e. The van der Waals surface area contributed by atoms with Crippen LogP contribution in [0.2, 0.25) is 0 Å². The lowest BCUT2D eigenvalue weighted by Crippen LogP contribution is -2.05. The number of rotatable bonds is 1. The summed E-state index contributed by atoms with van der Waals surface area (Å²) in [6.45, 7) is 2.13. The third-order valence-corrected chi connectivity index (χ3v) is 3.82. The second kappa shape index (κ2) is 4.19. The van der Waals surface area contributed by atoms with Gasteiger partial charge in [0.2, 0.25) is 0 Å². The molecule has 0 radical (unpaired) electrons. The second-order valence-corrected chi connectivity index (χ2v) is 5.53. The average molecular weight is 288 g/mol. The molecule has 0 fully saturated rings. The van der Waals surface area contributed by atoms with Crippen molar-refractivity contribution in [2.45, 2.75) is 19.4 Å². The minimum atomic E-state index is 0.417. The second-order valence-electron chi connectivity index (χ2n) is 4.61. The van der Waals surface area contributed by atoms with Gasteiger partial charge in [-0.3, -0.25) is 0 Å². The summed E-state index contributed by atoms with van der Waals surface area (Å²) in [5.74, 6) is 0. The zero-order chi connectivity index (χ0) is 11.8. The van der Waals surface area contributed by atoms with Crippen molar-refractivity contribution in [2.75, 3.05) is 5.32 Å². The van der Waals surface area contributed by atoms with Gasteiger partial charge < -0.3 is 5.32 Å². The molecule has 86 valence electrons. The molecule has 1 aliphatic heterocycles. The van der Waals surface area contributed by atoms with E-state index >= 15 is 0 Å². The van der Waals surface area contributed by atoms with Crippen molar-refractivity contribution in [1.29, 1.82) is 0 Å². The highest BCUT2D eigenvalue weighted by molar-refractivity contribution is 9.10. The summed E-state index contributed by atoms with van der Waals surface area (Å²) in [4.78, 5) is 0. The summed E-state index contributed by atoms with van der Waals surface area (Å²) in [7, 11) is 0. The Kier molecular flexibility index (Phi) is 2.67. The minimum Gasteiger partial charge on any atom is -0.378 e. The Labute approximate surface area is 110 Å². The standard InChI is InChI=1S/C15H14BrN/c1-10-2-3-12-9-15(17-14(12)8-10)11-4-6-13(16)7-5-11/h2-8,15,17H,9H2,1H3. The SMILES string of the molecule is Cc1ccc2c(c1)NC(c1ccc(Br)cc1)C2. The van der Waals surface area contributed by atoms with Crippen LogP contribution in [0, 0.1) is 6.92 Å². The van der Waals surface area contributed by atoms with Crippen molar-refractivity contribution < 1.29 is 0 Å². The van der Waals surface area contributed by atoms with E-state index in [4.69, 9.17) is 0 Å². The Balaban J connectivity index is 1.88. The summed E-state index contributed by atoms with van der Waals surface area (Å²) >= 11 is 3.47. The third-order valence-electron chi connectivity index (χ3n) is 3.29. The highest BCUT2D eigenvalue weighted by Crippen LogP contribution is 2.34. The predicted molar refractivity (Wildman–Crippen MR) is 75.4 cm³/mol. The molecular formula is C15H14BrN. The van der Waals surface area contributed by atoms with Gasteiger partial charge in [0, 0.05) is 10.2 Å². The van der Waals surface area contributed by atoms with E-state index in [-0.39, 0.29) is 0 Å². The minimum absolute atomic E-state index is 0.417. The zero-order valence-electron chi connectivity index (χ0n) is 9.70. The first-order valence-corrected chi connectivity index (χ1v) is 6.63. The molecule has 0 saturated carbocycles. The summed E-state index contributed by atoms with van der Waals surface area (Å²) < 4.78 is 1.13. The van der Waals surface area contributed by atoms with Crippen molar-refractivity contribution >= 4 is 21.6 Å². The first-order valence-electron chi connectivity index (χ1n) is 5.84. The topological polar surface area (TPSA) is 12.0 Å². The fourth-order valence-electron chi connectivity index (χ4n) is 2.36. The van der Waals surface area contributed by atoms with Gasteiger partial charge in [-0.05, 0) is 48.2 Å². The number of hydrogen-bond donors (Lipinski definition) is 1. The van der Waals surface area contributed by atoms with E-state index in [1.54, 1.807) is 0 Å². The highest BCUT2D eigenvalue weighted by Gasteiger charge is 2.21. The maximum absolute atomic E-state index is 3.60. The normalized spacial score (nSPS) is 17.6. The van der Waals surface area contributed by atoms with Gasteiger partial charge in [-0.2, -0.15) is 0 Å². The van der Waals surface area contributed by atoms with E-state index in [1.165, 1.54) is 22.4 Å². The molecule has 1 N–H and O–H groups in total. The maximum atomic E-state index is 3.60. The first-order chi connectivity index (χ1) is 8.22. The van der Waals surface area contributed by atoms with Crippen LogP contribution in [0.4, 0.5) is 5.69 Å². The molecule has 0 bridgehead atoms. The number of nitrogens with one attached hydrogen (secondary N) is 1. The molecule has 1 unspecified atom stereocenters. The highest BCUT2D eigenvalue weighted by atomic mass is 79.9. The van der Waals surface area contributed by atoms with Crippen LogP contribution in [0.15, 0.2) is 46.9 Å². The molecule has 1 aliphatic rings. The Bertz CT molecular complexity index is 545. The fourth-order valence-corrected chi connectivity index (χ4v) is 2.62. The van der Waals surface area contributed by atoms with Gasteiger partial charge in [-0.15, -0.1) is 0 Å². The Morgan fingerprint density at radius 1 is 1.12 bits per heavy atom. The van der Waals surface area contributed by atoms with E-state index in [9.17, 15) is 0 Å². The Hall–Kier alpha value is -1.28. The van der Waals surface area contributed by atoms with E-state index in [0.29, 0.717) is 6.04 Å². The summed E-state index contributed by atoms with van der Waals surface area (Å²) in [5.41, 5.74) is 5.37. The number of halogens is 1. The zero-order valence-corrected chi connectivity index (χ0v) is 11.3. The van der Waals surface area contributed by atoms with E-state index in [2.05, 4.69) is 70.6 Å². The molecule has 0 amide bonds. The molecule has 1 heterocycles. The Morgan fingerprint density at radius 3 is 2.65 bits per heavy atom. The number of aryl methyl sites for hydroxylation is 1. The summed E-state index contributed by atoms with van der Waals surface area (Å²) in [5, 5.41) is 3.60. The van der Waals surface area contributed by atoms with Gasteiger partial charge >= 0.3 is 0 Å². The lowest BCUT2D eigenvalue weighted by Gasteiger charge is -2.11. The monoisotopic (exact) mass is 287 g/mol. The molecule has 2 heteroatoms. The van der Waals surface area contributed by atoms with Gasteiger partial charge in [-0.1, -0.05) is 40.2 Å². The summed E-state index contributed by atoms with van der Waals surface area (Å²) in [6, 6.07) is 15.6. The number of benzene rings is 2. The van der Waals surface area contributed by atoms with Crippen LogP contribution in [0.5, 0.6) is 0 Å². The molecule has 2 aromatic carbocycles. The molecule has 17 heavy (non-hydrogen) atoms. The van der Waals surface area contributed by atoms with Crippen LogP contribution in [-0.2, 0) is 6.42 Å². The average Bonchev–Trinajstić information content (AvgIpc) is 2.72. The smallest absolute Gasteiger partial charge is 0.0555 e. The number of anilines is 1. The molecule has 0 aromatic heterocycles. The largest absolute Gasteiger partial charge is 0.378 e. The van der Waals surface area contributed by atoms with Gasteiger partial charge in [0.05, 0.1) is 6.04 Å². The van der Waals surface area contributed by atoms with Gasteiger partial charge in [0.15, 0.2) is 0 Å². The molecular weight excluding hydrogens is 274 g/mol. The van der Waals surface area contributed by atoms with Crippen molar-refractivity contribution in [3.05, 3.63) is 63.6 Å². The molecule has 2 aromatic rings. The van der Waals surface area contributed by atoms with Crippen LogP contribution in [0.1, 0.15) is 22.7 Å². The van der Waals surface area contributed by atoms with Crippen molar-refractivity contribution in [1.82, 2.24) is 0 Å². The van der Waals surface area contributed by atoms with Crippen LogP contribution < -0.4 is 5.32 Å². The fraction of sp³-hybridized carbons (Fsp3) is 0.200. The third kappa shape index (κ3) is 2.09. The molecule has 0 spiro atoms. The van der Waals surface area contributed by atoms with Crippen molar-refractivity contribution in [2.24, 2.45) is 0 Å². The predicted octanol–water partition coefficient (Wildman–Crippen LogP) is 4.47. The van der Waals surface area contributed by atoms with E-state index in [0.717, 1.165) is 10.9 Å². The lowest BCUT2D eigenvalue weighted by molar-refractivity contribution is 0.824. The molecule has 1 atom stereocenters. The van der Waals surface area contributed by atoms with Gasteiger partial charge in [-0.25, -0.2) is 0 Å². The van der Waals surface area contributed by atoms with Crippen molar-refractivity contribution in [3.63, 3.8) is 0 Å². The molecule has 0 aliphatic carbocycles. The van der Waals surface area contributed by atoms with E-state index < -0.39 is 0 Å². The quantitative estimate of drug-likeness (QED) is 0.816. The van der Waals surface area contributed by atoms with Crippen LogP contribution in [-0.4, -0.2) is 0 Å².